The molecule has 0 aliphatic heterocycles. The lowest BCUT2D eigenvalue weighted by Gasteiger charge is -2.21. The zero-order valence-electron chi connectivity index (χ0n) is 58.3. The summed E-state index contributed by atoms with van der Waals surface area (Å²) in [6.45, 7) is 4.43. The fraction of sp³-hybridized carbons (Fsp3) is 0.680. The molecule has 0 fully saturated rings. The highest BCUT2D eigenvalue weighted by atomic mass is 31.2. The van der Waals surface area contributed by atoms with E-state index < -0.39 is 97.5 Å². The van der Waals surface area contributed by atoms with Gasteiger partial charge in [0, 0.05) is 25.7 Å². The van der Waals surface area contributed by atoms with Crippen molar-refractivity contribution in [3.05, 3.63) is 122 Å². The van der Waals surface area contributed by atoms with Gasteiger partial charge in [0.05, 0.1) is 26.4 Å². The predicted octanol–water partition coefficient (Wildman–Crippen LogP) is 20.0. The van der Waals surface area contributed by atoms with E-state index in [9.17, 15) is 43.2 Å². The Kier molecular flexibility index (Phi) is 63.8. The van der Waals surface area contributed by atoms with Crippen molar-refractivity contribution in [1.29, 1.82) is 0 Å². The van der Waals surface area contributed by atoms with Gasteiger partial charge in [0.25, 0.3) is 0 Å². The van der Waals surface area contributed by atoms with Crippen LogP contribution in [0.25, 0.3) is 0 Å². The Morgan fingerprint density at radius 3 is 0.904 bits per heavy atom. The maximum absolute atomic E-state index is 13.0. The van der Waals surface area contributed by atoms with Gasteiger partial charge >= 0.3 is 39.5 Å². The topological polar surface area (TPSA) is 237 Å². The van der Waals surface area contributed by atoms with Gasteiger partial charge in [0.15, 0.2) is 12.2 Å². The monoisotopic (exact) mass is 1360 g/mol. The standard InChI is InChI=1S/C75H126O17P2/c1-5-9-13-17-21-25-29-31-33-34-36-38-42-44-48-52-56-60-73(78)86-66-71(92-75(80)62-58-54-50-46-40-28-24-20-16-12-8-4)68-90-94(83,84)88-64-69(76)63-87-93(81,82)89-67-70(91-74(79)61-57-53-49-45-39-27-23-19-15-11-7-3)65-85-72(77)59-55-51-47-43-41-37-35-32-30-26-22-18-14-10-6-2/h9-10,13-14,19-26,31-33,35-36,38,44,48,69-71,76H,5-8,11-12,15-18,27-30,34,37,39-43,45-47,49-68H2,1-4H3,(H,81,82)(H,83,84)/b13-9-,14-10-,23-19-,24-20-,25-21-,26-22-,33-31-,35-32-,38-36-,48-44-. The number of phosphoric ester groups is 2. The van der Waals surface area contributed by atoms with Crippen LogP contribution in [0.15, 0.2) is 122 Å². The number of ether oxygens (including phenoxy) is 4. The molecule has 0 aromatic carbocycles. The quantitative estimate of drug-likeness (QED) is 0.0169. The molecule has 3 N–H and O–H groups in total. The van der Waals surface area contributed by atoms with Gasteiger partial charge < -0.3 is 33.8 Å². The molecule has 94 heavy (non-hydrogen) atoms. The Bertz CT molecular complexity index is 2270. The van der Waals surface area contributed by atoms with Crippen molar-refractivity contribution in [1.82, 2.24) is 0 Å². The molecule has 0 saturated heterocycles. The van der Waals surface area contributed by atoms with Crippen molar-refractivity contribution >= 4 is 39.5 Å². The molecule has 0 radical (unpaired) electrons. The number of allylic oxidation sites excluding steroid dienone is 20. The van der Waals surface area contributed by atoms with E-state index in [-0.39, 0.29) is 25.7 Å². The number of hydrogen-bond donors (Lipinski definition) is 3. The molecule has 5 unspecified atom stereocenters. The smallest absolute Gasteiger partial charge is 0.462 e. The van der Waals surface area contributed by atoms with Crippen molar-refractivity contribution in [2.75, 3.05) is 39.6 Å². The van der Waals surface area contributed by atoms with Crippen LogP contribution in [0, 0.1) is 0 Å². The lowest BCUT2D eigenvalue weighted by molar-refractivity contribution is -0.161. The number of carbonyl (C=O) groups excluding carboxylic acids is 4. The zero-order chi connectivity index (χ0) is 69.0. The van der Waals surface area contributed by atoms with Crippen LogP contribution < -0.4 is 0 Å². The van der Waals surface area contributed by atoms with E-state index >= 15 is 0 Å². The van der Waals surface area contributed by atoms with E-state index in [1.165, 1.54) is 25.7 Å². The highest BCUT2D eigenvalue weighted by Crippen LogP contribution is 2.45. The molecule has 0 aromatic heterocycles. The van der Waals surface area contributed by atoms with E-state index in [0.717, 1.165) is 161 Å². The van der Waals surface area contributed by atoms with Crippen LogP contribution >= 0.6 is 15.6 Å². The van der Waals surface area contributed by atoms with Gasteiger partial charge in [-0.3, -0.25) is 37.3 Å². The van der Waals surface area contributed by atoms with Crippen molar-refractivity contribution < 1.29 is 80.2 Å². The zero-order valence-corrected chi connectivity index (χ0v) is 60.1. The highest BCUT2D eigenvalue weighted by molar-refractivity contribution is 7.47. The first-order chi connectivity index (χ1) is 45.7. The molecule has 0 rings (SSSR count). The van der Waals surface area contributed by atoms with Crippen LogP contribution in [-0.2, 0) is 65.4 Å². The number of carbonyl (C=O) groups is 4. The fourth-order valence-corrected chi connectivity index (χ4v) is 10.5. The number of hydrogen-bond acceptors (Lipinski definition) is 15. The number of phosphoric acid groups is 2. The largest absolute Gasteiger partial charge is 0.472 e. The molecular weight excluding hydrogens is 1230 g/mol. The average molecular weight is 1360 g/mol. The van der Waals surface area contributed by atoms with Crippen LogP contribution in [0.2, 0.25) is 0 Å². The molecule has 19 heteroatoms. The number of rotatable bonds is 66. The van der Waals surface area contributed by atoms with E-state index in [4.69, 9.17) is 37.0 Å². The van der Waals surface area contributed by atoms with Crippen LogP contribution in [0.4, 0.5) is 0 Å². The van der Waals surface area contributed by atoms with Crippen LogP contribution in [0.1, 0.15) is 272 Å². The first kappa shape index (κ1) is 89.5. The minimum Gasteiger partial charge on any atom is -0.462 e. The van der Waals surface area contributed by atoms with Crippen LogP contribution in [0.3, 0.4) is 0 Å². The molecule has 17 nitrogen and oxygen atoms in total. The molecule has 0 amide bonds. The molecule has 0 heterocycles. The highest BCUT2D eigenvalue weighted by Gasteiger charge is 2.30. The van der Waals surface area contributed by atoms with Gasteiger partial charge in [-0.15, -0.1) is 0 Å². The van der Waals surface area contributed by atoms with Gasteiger partial charge in [-0.1, -0.05) is 233 Å². The first-order valence-corrected chi connectivity index (χ1v) is 38.8. The Morgan fingerprint density at radius 2 is 0.564 bits per heavy atom. The molecule has 0 spiro atoms. The molecule has 538 valence electrons. The maximum Gasteiger partial charge on any atom is 0.472 e. The second-order valence-corrected chi connectivity index (χ2v) is 26.3. The lowest BCUT2D eigenvalue weighted by Crippen LogP contribution is -2.30. The van der Waals surface area contributed by atoms with Crippen molar-refractivity contribution in [3.8, 4) is 0 Å². The van der Waals surface area contributed by atoms with E-state index in [1.807, 2.05) is 12.2 Å². The summed E-state index contributed by atoms with van der Waals surface area (Å²) in [5.41, 5.74) is 0. The van der Waals surface area contributed by atoms with Gasteiger partial charge in [-0.05, 0) is 135 Å². The average Bonchev–Trinajstić information content (AvgIpc) is 1.32. The van der Waals surface area contributed by atoms with Crippen molar-refractivity contribution in [2.45, 2.75) is 290 Å². The number of aliphatic hydroxyl groups is 1. The summed E-state index contributed by atoms with van der Waals surface area (Å²) < 4.78 is 68.1. The summed E-state index contributed by atoms with van der Waals surface area (Å²) in [5, 5.41) is 10.6. The minimum absolute atomic E-state index is 0.0696. The SMILES string of the molecule is CC/C=C\C/C=C\C/C=C\C/C=C\C/C=C\CCCC(=O)OCC(COP(=O)(O)OCC(O)COP(=O)(O)OCC(COC(=O)CCCCCCC/C=C\C/C=C\C/C=C\CC)OC(=O)CCCCCCC/C=C\CCCC)OC(=O)CCCCCCC/C=C\CCCC. The lowest BCUT2D eigenvalue weighted by atomic mass is 10.1. The Hall–Kier alpha value is -4.54. The second-order valence-electron chi connectivity index (χ2n) is 23.4. The Balaban J connectivity index is 5.37. The normalized spacial score (nSPS) is 14.8. The van der Waals surface area contributed by atoms with E-state index in [1.54, 1.807) is 0 Å². The van der Waals surface area contributed by atoms with E-state index in [0.29, 0.717) is 32.1 Å². The van der Waals surface area contributed by atoms with Gasteiger partial charge in [-0.2, -0.15) is 0 Å². The van der Waals surface area contributed by atoms with Crippen LogP contribution in [0.5, 0.6) is 0 Å². The number of aliphatic hydroxyl groups excluding tert-OH is 1. The summed E-state index contributed by atoms with van der Waals surface area (Å²) >= 11 is 0. The number of esters is 4. The molecule has 0 aromatic rings. The minimum atomic E-state index is -4.98. The first-order valence-electron chi connectivity index (χ1n) is 35.8. The summed E-state index contributed by atoms with van der Waals surface area (Å²) in [4.78, 5) is 72.5. The third-order valence-corrected chi connectivity index (χ3v) is 16.3. The van der Waals surface area contributed by atoms with Crippen LogP contribution in [-0.4, -0.2) is 96.7 Å². The van der Waals surface area contributed by atoms with Gasteiger partial charge in [0.2, 0.25) is 0 Å². The summed E-state index contributed by atoms with van der Waals surface area (Å²) in [7, 11) is -9.96. The molecule has 0 bridgehead atoms. The number of unbranched alkanes of at least 4 members (excludes halogenated alkanes) is 20. The fourth-order valence-electron chi connectivity index (χ4n) is 8.94. The molecule has 0 saturated carbocycles. The van der Waals surface area contributed by atoms with Gasteiger partial charge in [-0.25, -0.2) is 9.13 Å². The van der Waals surface area contributed by atoms with E-state index in [2.05, 4.69) is 137 Å². The Labute approximate surface area is 568 Å². The van der Waals surface area contributed by atoms with Crippen molar-refractivity contribution in [3.63, 3.8) is 0 Å². The second kappa shape index (κ2) is 67.0. The summed E-state index contributed by atoms with van der Waals surface area (Å²) in [5.74, 6) is -2.29. The molecular formula is C75H126O17P2. The molecule has 5 atom stereocenters. The Morgan fingerprint density at radius 1 is 0.309 bits per heavy atom. The third kappa shape index (κ3) is 66.1. The molecule has 0 aliphatic carbocycles. The summed E-state index contributed by atoms with van der Waals surface area (Å²) in [6.07, 6.45) is 70.8. The van der Waals surface area contributed by atoms with Gasteiger partial charge in [0.1, 0.15) is 19.3 Å². The molecule has 0 aliphatic rings. The predicted molar refractivity (Wildman–Crippen MR) is 381 cm³/mol. The summed E-state index contributed by atoms with van der Waals surface area (Å²) in [6, 6.07) is 0. The maximum atomic E-state index is 13.0. The van der Waals surface area contributed by atoms with Crippen molar-refractivity contribution in [2.24, 2.45) is 0 Å². The third-order valence-electron chi connectivity index (χ3n) is 14.4.